The number of para-hydroxylation sites is 1. The fraction of sp³-hybridized carbons (Fsp3) is 0.0625. The van der Waals surface area contributed by atoms with Gasteiger partial charge in [-0.25, -0.2) is 0 Å². The summed E-state index contributed by atoms with van der Waals surface area (Å²) in [7, 11) is 0. The van der Waals surface area contributed by atoms with Crippen LogP contribution in [0, 0.1) is 6.92 Å². The van der Waals surface area contributed by atoms with E-state index in [1.54, 1.807) is 30.3 Å². The highest BCUT2D eigenvalue weighted by Crippen LogP contribution is 2.11. The molecule has 0 radical (unpaired) electrons. The highest BCUT2D eigenvalue weighted by molar-refractivity contribution is 6.04. The number of aromatic amines is 1. The number of hydrogen-bond acceptors (Lipinski definition) is 3. The van der Waals surface area contributed by atoms with Crippen molar-refractivity contribution in [2.24, 2.45) is 0 Å². The Hall–Kier alpha value is -2.95. The zero-order valence-electron chi connectivity index (χ0n) is 11.4. The van der Waals surface area contributed by atoms with Gasteiger partial charge in [-0.2, -0.15) is 5.10 Å². The van der Waals surface area contributed by atoms with Gasteiger partial charge in [-0.05, 0) is 36.8 Å². The van der Waals surface area contributed by atoms with Gasteiger partial charge in [0, 0.05) is 11.1 Å². The van der Waals surface area contributed by atoms with Crippen LogP contribution in [0.15, 0.2) is 53.3 Å². The second-order valence-electron chi connectivity index (χ2n) is 4.77. The molecule has 2 aromatic carbocycles. The van der Waals surface area contributed by atoms with E-state index in [1.807, 2.05) is 25.1 Å². The van der Waals surface area contributed by atoms with Gasteiger partial charge in [-0.1, -0.05) is 24.3 Å². The molecule has 5 nitrogen and oxygen atoms in total. The number of nitrogens with one attached hydrogen (secondary N) is 2. The Morgan fingerprint density at radius 3 is 2.76 bits per heavy atom. The summed E-state index contributed by atoms with van der Waals surface area (Å²) < 4.78 is 0. The first-order valence-corrected chi connectivity index (χ1v) is 6.50. The second kappa shape index (κ2) is 5.20. The molecule has 0 aliphatic heterocycles. The lowest BCUT2D eigenvalue weighted by atomic mass is 10.2. The van der Waals surface area contributed by atoms with E-state index in [9.17, 15) is 9.59 Å². The van der Waals surface area contributed by atoms with E-state index in [4.69, 9.17) is 0 Å². The first kappa shape index (κ1) is 13.1. The molecule has 3 rings (SSSR count). The highest BCUT2D eigenvalue weighted by Gasteiger charge is 2.14. The third-order valence-electron chi connectivity index (χ3n) is 3.17. The van der Waals surface area contributed by atoms with Crippen molar-refractivity contribution in [1.29, 1.82) is 0 Å². The largest absolute Gasteiger partial charge is 0.320 e. The van der Waals surface area contributed by atoms with Crippen LogP contribution in [0.25, 0.3) is 10.9 Å². The van der Waals surface area contributed by atoms with Gasteiger partial charge in [0.05, 0.1) is 5.52 Å². The predicted octanol–water partition coefficient (Wildman–Crippen LogP) is 2.48. The molecule has 21 heavy (non-hydrogen) atoms. The molecule has 0 atom stereocenters. The van der Waals surface area contributed by atoms with Crippen LogP contribution in [0.2, 0.25) is 0 Å². The number of carbonyl (C=O) groups is 1. The third kappa shape index (κ3) is 2.53. The maximum Gasteiger partial charge on any atom is 0.280 e. The summed E-state index contributed by atoms with van der Waals surface area (Å²) in [4.78, 5) is 24.5. The number of fused-ring (bicyclic) bond motifs is 1. The molecule has 104 valence electrons. The number of amides is 1. The van der Waals surface area contributed by atoms with Crippen LogP contribution in [-0.4, -0.2) is 16.1 Å². The molecule has 0 aliphatic rings. The van der Waals surface area contributed by atoms with Gasteiger partial charge < -0.3 is 5.32 Å². The highest BCUT2D eigenvalue weighted by atomic mass is 16.2. The van der Waals surface area contributed by atoms with Crippen molar-refractivity contribution in [2.75, 3.05) is 5.32 Å². The number of hydrogen-bond donors (Lipinski definition) is 2. The number of aromatic nitrogens is 2. The van der Waals surface area contributed by atoms with Crippen molar-refractivity contribution in [3.8, 4) is 0 Å². The first-order chi connectivity index (χ1) is 10.1. The van der Waals surface area contributed by atoms with E-state index >= 15 is 0 Å². The summed E-state index contributed by atoms with van der Waals surface area (Å²) in [5.41, 5.74) is 1.74. The van der Waals surface area contributed by atoms with Gasteiger partial charge in [0.2, 0.25) is 5.43 Å². The van der Waals surface area contributed by atoms with Gasteiger partial charge in [0.25, 0.3) is 5.91 Å². The summed E-state index contributed by atoms with van der Waals surface area (Å²) in [5, 5.41) is 9.73. The number of carbonyl (C=O) groups excluding carboxylic acids is 1. The Kier molecular flexibility index (Phi) is 3.23. The van der Waals surface area contributed by atoms with Crippen molar-refractivity contribution in [3.63, 3.8) is 0 Å². The molecule has 0 bridgehead atoms. The lowest BCUT2D eigenvalue weighted by Crippen LogP contribution is -2.24. The van der Waals surface area contributed by atoms with Crippen molar-refractivity contribution in [2.45, 2.75) is 6.92 Å². The second-order valence-corrected chi connectivity index (χ2v) is 4.77. The van der Waals surface area contributed by atoms with Crippen molar-refractivity contribution < 1.29 is 4.79 Å². The Labute approximate surface area is 120 Å². The summed E-state index contributed by atoms with van der Waals surface area (Å²) in [5.74, 6) is -0.521. The fourth-order valence-corrected chi connectivity index (χ4v) is 2.14. The Morgan fingerprint density at radius 2 is 1.95 bits per heavy atom. The summed E-state index contributed by atoms with van der Waals surface area (Å²) in [6, 6.07) is 14.3. The SMILES string of the molecule is Cc1cccc(NC(=O)c2n[nH]c3ccccc3c2=O)c1. The minimum atomic E-state index is -0.521. The molecule has 5 heteroatoms. The van der Waals surface area contributed by atoms with Gasteiger partial charge >= 0.3 is 0 Å². The van der Waals surface area contributed by atoms with Crippen LogP contribution in [0.5, 0.6) is 0 Å². The molecule has 2 N–H and O–H groups in total. The van der Waals surface area contributed by atoms with Crippen LogP contribution in [0.1, 0.15) is 16.1 Å². The average molecular weight is 279 g/mol. The lowest BCUT2D eigenvalue weighted by Gasteiger charge is -2.05. The fourth-order valence-electron chi connectivity index (χ4n) is 2.14. The zero-order chi connectivity index (χ0) is 14.8. The molecular formula is C16H13N3O2. The monoisotopic (exact) mass is 279 g/mol. The van der Waals surface area contributed by atoms with Crippen LogP contribution < -0.4 is 10.7 Å². The molecule has 0 aliphatic carbocycles. The average Bonchev–Trinajstić information content (AvgIpc) is 2.48. The molecule has 0 unspecified atom stereocenters. The molecule has 0 fully saturated rings. The number of anilines is 1. The lowest BCUT2D eigenvalue weighted by molar-refractivity contribution is 0.102. The van der Waals surface area contributed by atoms with Crippen LogP contribution in [-0.2, 0) is 0 Å². The van der Waals surface area contributed by atoms with Gasteiger partial charge in [0.1, 0.15) is 0 Å². The summed E-state index contributed by atoms with van der Waals surface area (Å²) in [6.07, 6.45) is 0. The van der Waals surface area contributed by atoms with Crippen LogP contribution in [0.4, 0.5) is 5.69 Å². The summed E-state index contributed by atoms with van der Waals surface area (Å²) in [6.45, 7) is 1.93. The molecule has 0 spiro atoms. The minimum absolute atomic E-state index is 0.143. The number of benzene rings is 2. The molecule has 0 saturated carbocycles. The molecule has 1 heterocycles. The van der Waals surface area contributed by atoms with Crippen molar-refractivity contribution in [1.82, 2.24) is 10.2 Å². The standard InChI is InChI=1S/C16H13N3O2/c1-10-5-4-6-11(9-10)17-16(21)14-15(20)12-7-2-3-8-13(12)18-19-14/h2-9H,1H3,(H,17,21)(H,18,20). The van der Waals surface area contributed by atoms with E-state index in [2.05, 4.69) is 15.5 Å². The van der Waals surface area contributed by atoms with E-state index in [0.29, 0.717) is 16.6 Å². The van der Waals surface area contributed by atoms with Gasteiger partial charge in [0.15, 0.2) is 5.69 Å². The van der Waals surface area contributed by atoms with Gasteiger partial charge in [-0.3, -0.25) is 14.7 Å². The number of H-pyrrole nitrogens is 1. The van der Waals surface area contributed by atoms with Crippen molar-refractivity contribution in [3.05, 3.63) is 70.0 Å². The van der Waals surface area contributed by atoms with Crippen molar-refractivity contribution >= 4 is 22.5 Å². The first-order valence-electron chi connectivity index (χ1n) is 6.50. The smallest absolute Gasteiger partial charge is 0.280 e. The number of aryl methyl sites for hydroxylation is 1. The Balaban J connectivity index is 1.99. The summed E-state index contributed by atoms with van der Waals surface area (Å²) >= 11 is 0. The Bertz CT molecular complexity index is 884. The predicted molar refractivity (Wildman–Crippen MR) is 81.5 cm³/mol. The topological polar surface area (TPSA) is 74.8 Å². The number of nitrogens with zero attached hydrogens (tertiary/aromatic N) is 1. The van der Waals surface area contributed by atoms with E-state index in [-0.39, 0.29) is 11.1 Å². The minimum Gasteiger partial charge on any atom is -0.320 e. The Morgan fingerprint density at radius 1 is 1.14 bits per heavy atom. The third-order valence-corrected chi connectivity index (χ3v) is 3.17. The normalized spacial score (nSPS) is 10.5. The number of rotatable bonds is 2. The van der Waals surface area contributed by atoms with Crippen LogP contribution in [0.3, 0.4) is 0 Å². The quantitative estimate of drug-likeness (QED) is 0.756. The molecule has 1 amide bonds. The maximum absolute atomic E-state index is 12.3. The molecule has 0 saturated heterocycles. The maximum atomic E-state index is 12.3. The zero-order valence-corrected chi connectivity index (χ0v) is 11.4. The molecule has 3 aromatic rings. The molecule has 1 aromatic heterocycles. The van der Waals surface area contributed by atoms with E-state index in [0.717, 1.165) is 5.56 Å². The van der Waals surface area contributed by atoms with E-state index < -0.39 is 5.91 Å². The van der Waals surface area contributed by atoms with Gasteiger partial charge in [-0.15, -0.1) is 0 Å². The van der Waals surface area contributed by atoms with Crippen LogP contribution >= 0.6 is 0 Å². The molecular weight excluding hydrogens is 266 g/mol. The van der Waals surface area contributed by atoms with E-state index in [1.165, 1.54) is 0 Å².